The summed E-state index contributed by atoms with van der Waals surface area (Å²) in [5.41, 5.74) is -0.774. The molecule has 1 aromatic rings. The van der Waals surface area contributed by atoms with Crippen LogP contribution in [0.1, 0.15) is 32.3 Å². The second kappa shape index (κ2) is 7.96. The molecular weight excluding hydrogens is 369 g/mol. The minimum absolute atomic E-state index is 0.00811. The van der Waals surface area contributed by atoms with Crippen LogP contribution in [0.25, 0.3) is 0 Å². The van der Waals surface area contributed by atoms with Gasteiger partial charge in [-0.05, 0) is 38.0 Å². The summed E-state index contributed by atoms with van der Waals surface area (Å²) in [6.07, 6.45) is -3.29. The predicted molar refractivity (Wildman–Crippen MR) is 93.6 cm³/mol. The zero-order valence-corrected chi connectivity index (χ0v) is 15.5. The third-order valence-corrected chi connectivity index (χ3v) is 6.38. The van der Waals surface area contributed by atoms with Crippen molar-refractivity contribution in [1.82, 2.24) is 4.90 Å². The Kier molecular flexibility index (Phi) is 6.33. The monoisotopic (exact) mass is 392 g/mol. The topological polar surface area (TPSA) is 66.5 Å². The first-order valence-corrected chi connectivity index (χ1v) is 10.3. The molecule has 0 aliphatic carbocycles. The number of sulfone groups is 1. The summed E-state index contributed by atoms with van der Waals surface area (Å²) in [5, 5.41) is 2.48. The van der Waals surface area contributed by atoms with Gasteiger partial charge in [-0.2, -0.15) is 13.2 Å². The molecule has 1 aliphatic heterocycles. The summed E-state index contributed by atoms with van der Waals surface area (Å²) in [7, 11) is -3.10. The lowest BCUT2D eigenvalue weighted by atomic mass is 10.1. The minimum atomic E-state index is -4.48. The molecule has 2 unspecified atom stereocenters. The van der Waals surface area contributed by atoms with Crippen molar-refractivity contribution in [2.45, 2.75) is 44.9 Å². The number of nitrogens with one attached hydrogen (secondary N) is 1. The zero-order chi connectivity index (χ0) is 19.5. The van der Waals surface area contributed by atoms with Gasteiger partial charge >= 0.3 is 6.18 Å². The van der Waals surface area contributed by atoms with Crippen LogP contribution in [0.15, 0.2) is 24.3 Å². The van der Waals surface area contributed by atoms with Crippen LogP contribution >= 0.6 is 0 Å². The van der Waals surface area contributed by atoms with Gasteiger partial charge in [0.05, 0.1) is 23.6 Å². The van der Waals surface area contributed by atoms with Crippen molar-refractivity contribution >= 4 is 21.4 Å². The average molecular weight is 392 g/mol. The summed E-state index contributed by atoms with van der Waals surface area (Å²) >= 11 is 0. The molecule has 0 radical (unpaired) electrons. The Balaban J connectivity index is 2.08. The molecule has 1 amide bonds. The number of alkyl halides is 3. The van der Waals surface area contributed by atoms with Crippen molar-refractivity contribution in [2.75, 3.05) is 23.4 Å². The highest BCUT2D eigenvalue weighted by Crippen LogP contribution is 2.30. The molecular formula is C17H23F3N2O3S. The van der Waals surface area contributed by atoms with E-state index in [1.54, 1.807) is 0 Å². The van der Waals surface area contributed by atoms with Crippen LogP contribution in [0, 0.1) is 0 Å². The van der Waals surface area contributed by atoms with Gasteiger partial charge in [0, 0.05) is 17.8 Å². The highest BCUT2D eigenvalue weighted by molar-refractivity contribution is 7.91. The van der Waals surface area contributed by atoms with Crippen molar-refractivity contribution in [2.24, 2.45) is 0 Å². The Hall–Kier alpha value is -1.61. The second-order valence-electron chi connectivity index (χ2n) is 6.61. The van der Waals surface area contributed by atoms with E-state index in [9.17, 15) is 26.4 Å². The number of nitrogens with zero attached hydrogens (tertiary/aromatic N) is 1. The van der Waals surface area contributed by atoms with E-state index in [1.807, 2.05) is 18.7 Å². The van der Waals surface area contributed by atoms with E-state index >= 15 is 0 Å². The van der Waals surface area contributed by atoms with Crippen molar-refractivity contribution in [3.8, 4) is 0 Å². The molecule has 2 rings (SSSR count). The van der Waals surface area contributed by atoms with E-state index in [2.05, 4.69) is 5.32 Å². The van der Waals surface area contributed by atoms with Crippen molar-refractivity contribution in [3.63, 3.8) is 0 Å². The number of hydrogen-bond donors (Lipinski definition) is 1. The molecule has 9 heteroatoms. The third-order valence-electron chi connectivity index (χ3n) is 4.63. The van der Waals surface area contributed by atoms with E-state index in [1.165, 1.54) is 12.1 Å². The summed E-state index contributed by atoms with van der Waals surface area (Å²) in [6.45, 7) is 3.78. The van der Waals surface area contributed by atoms with Crippen LogP contribution in [-0.2, 0) is 20.8 Å². The molecule has 0 spiro atoms. The Morgan fingerprint density at radius 3 is 2.62 bits per heavy atom. The molecule has 1 heterocycles. The number of halogens is 3. The average Bonchev–Trinajstić information content (AvgIpc) is 2.91. The Morgan fingerprint density at radius 1 is 1.38 bits per heavy atom. The molecule has 1 fully saturated rings. The van der Waals surface area contributed by atoms with Gasteiger partial charge < -0.3 is 5.32 Å². The summed E-state index contributed by atoms with van der Waals surface area (Å²) < 4.78 is 61.8. The Bertz CT molecular complexity index is 750. The van der Waals surface area contributed by atoms with Gasteiger partial charge in [0.2, 0.25) is 5.91 Å². The highest BCUT2D eigenvalue weighted by atomic mass is 32.2. The smallest absolute Gasteiger partial charge is 0.325 e. The van der Waals surface area contributed by atoms with Crippen molar-refractivity contribution in [1.29, 1.82) is 0 Å². The van der Waals surface area contributed by atoms with Crippen LogP contribution in [0.2, 0.25) is 0 Å². The van der Waals surface area contributed by atoms with Crippen LogP contribution in [0.3, 0.4) is 0 Å². The first-order chi connectivity index (χ1) is 12.0. The van der Waals surface area contributed by atoms with E-state index in [4.69, 9.17) is 0 Å². The molecule has 26 heavy (non-hydrogen) atoms. The first-order valence-electron chi connectivity index (χ1n) is 8.45. The third kappa shape index (κ3) is 5.44. The molecule has 1 aliphatic rings. The molecule has 5 nitrogen and oxygen atoms in total. The number of hydrogen-bond acceptors (Lipinski definition) is 4. The van der Waals surface area contributed by atoms with Gasteiger partial charge in [-0.3, -0.25) is 9.69 Å². The van der Waals surface area contributed by atoms with Gasteiger partial charge in [-0.25, -0.2) is 8.42 Å². The maximum Gasteiger partial charge on any atom is 0.416 e. The van der Waals surface area contributed by atoms with Gasteiger partial charge in [-0.15, -0.1) is 0 Å². The number of amides is 1. The fraction of sp³-hybridized carbons (Fsp3) is 0.588. The molecule has 1 saturated heterocycles. The lowest BCUT2D eigenvalue weighted by Gasteiger charge is -2.32. The van der Waals surface area contributed by atoms with Crippen LogP contribution in [-0.4, -0.2) is 49.4 Å². The highest BCUT2D eigenvalue weighted by Gasteiger charge is 2.35. The van der Waals surface area contributed by atoms with Gasteiger partial charge in [0.1, 0.15) is 0 Å². The first kappa shape index (κ1) is 20.7. The summed E-state index contributed by atoms with van der Waals surface area (Å²) in [6, 6.07) is 4.17. The number of carbonyl (C=O) groups is 1. The summed E-state index contributed by atoms with van der Waals surface area (Å²) in [4.78, 5) is 14.2. The largest absolute Gasteiger partial charge is 0.416 e. The zero-order valence-electron chi connectivity index (χ0n) is 14.7. The standard InChI is InChI=1S/C17H23F3N2O3S/c1-3-12(2)22(15-7-8-26(24,25)11-15)10-16(23)21-14-6-4-5-13(9-14)17(18,19)20/h4-6,9,12,15H,3,7-8,10-11H2,1-2H3,(H,21,23). The number of benzene rings is 1. The van der Waals surface area contributed by atoms with Crippen molar-refractivity contribution in [3.05, 3.63) is 29.8 Å². The molecule has 2 atom stereocenters. The van der Waals surface area contributed by atoms with Crippen molar-refractivity contribution < 1.29 is 26.4 Å². The molecule has 0 bridgehead atoms. The predicted octanol–water partition coefficient (Wildman–Crippen LogP) is 2.93. The molecule has 146 valence electrons. The second-order valence-corrected chi connectivity index (χ2v) is 8.84. The van der Waals surface area contributed by atoms with Gasteiger partial charge in [0.25, 0.3) is 0 Å². The lowest BCUT2D eigenvalue weighted by molar-refractivity contribution is -0.137. The van der Waals surface area contributed by atoms with E-state index in [0.717, 1.165) is 18.6 Å². The summed E-state index contributed by atoms with van der Waals surface area (Å²) in [5.74, 6) is -0.359. The maximum absolute atomic E-state index is 12.8. The normalized spacial score (nSPS) is 20.9. The number of anilines is 1. The van der Waals surface area contributed by atoms with Crippen LogP contribution in [0.5, 0.6) is 0 Å². The van der Waals surface area contributed by atoms with E-state index in [-0.39, 0.29) is 35.8 Å². The van der Waals surface area contributed by atoms with Crippen LogP contribution in [0.4, 0.5) is 18.9 Å². The molecule has 1 aromatic carbocycles. The Morgan fingerprint density at radius 2 is 2.08 bits per heavy atom. The SMILES string of the molecule is CCC(C)N(CC(=O)Nc1cccc(C(F)(F)F)c1)C1CCS(=O)(=O)C1. The number of rotatable bonds is 6. The quantitative estimate of drug-likeness (QED) is 0.808. The van der Waals surface area contributed by atoms with E-state index in [0.29, 0.717) is 6.42 Å². The van der Waals surface area contributed by atoms with Crippen LogP contribution < -0.4 is 5.32 Å². The molecule has 0 aromatic heterocycles. The lowest BCUT2D eigenvalue weighted by Crippen LogP contribution is -2.46. The number of carbonyl (C=O) groups excluding carboxylic acids is 1. The fourth-order valence-corrected chi connectivity index (χ4v) is 4.80. The fourth-order valence-electron chi connectivity index (χ4n) is 3.06. The van der Waals surface area contributed by atoms with Gasteiger partial charge in [-0.1, -0.05) is 13.0 Å². The maximum atomic E-state index is 12.8. The van der Waals surface area contributed by atoms with E-state index < -0.39 is 27.5 Å². The Labute approximate surface area is 151 Å². The molecule has 0 saturated carbocycles. The minimum Gasteiger partial charge on any atom is -0.325 e. The van der Waals surface area contributed by atoms with Gasteiger partial charge in [0.15, 0.2) is 9.84 Å². The molecule has 1 N–H and O–H groups in total.